The lowest BCUT2D eigenvalue weighted by atomic mass is 10.0. The zero-order chi connectivity index (χ0) is 16.5. The van der Waals surface area contributed by atoms with Gasteiger partial charge in [0, 0.05) is 18.1 Å². The first-order valence-corrected chi connectivity index (χ1v) is 6.68. The van der Waals surface area contributed by atoms with E-state index in [-0.39, 0.29) is 25.0 Å². The molecule has 1 amide bonds. The normalized spacial score (nSPS) is 12.0. The molecule has 0 radical (unpaired) electrons. The summed E-state index contributed by atoms with van der Waals surface area (Å²) < 4.78 is 9.90. The van der Waals surface area contributed by atoms with Gasteiger partial charge in [-0.1, -0.05) is 27.0 Å². The van der Waals surface area contributed by atoms with Crippen molar-refractivity contribution < 1.29 is 23.9 Å². The first kappa shape index (κ1) is 18.9. The van der Waals surface area contributed by atoms with E-state index in [1.807, 2.05) is 6.92 Å². The second-order valence-electron chi connectivity index (χ2n) is 4.98. The molecule has 0 saturated heterocycles. The van der Waals surface area contributed by atoms with E-state index in [4.69, 9.17) is 9.47 Å². The molecule has 0 aromatic heterocycles. The van der Waals surface area contributed by atoms with Gasteiger partial charge in [0.05, 0.1) is 0 Å². The highest BCUT2D eigenvalue weighted by molar-refractivity contribution is 5.82. The third kappa shape index (κ3) is 7.29. The van der Waals surface area contributed by atoms with Crippen LogP contribution in [-0.4, -0.2) is 36.6 Å². The zero-order valence-corrected chi connectivity index (χ0v) is 12.8. The van der Waals surface area contributed by atoms with Crippen molar-refractivity contribution in [2.75, 3.05) is 13.2 Å². The fourth-order valence-corrected chi connectivity index (χ4v) is 1.30. The Kier molecular flexibility index (Phi) is 8.04. The van der Waals surface area contributed by atoms with E-state index in [0.717, 1.165) is 12.2 Å². The molecule has 0 spiro atoms. The molecule has 0 aromatic rings. The largest absolute Gasteiger partial charge is 0.460 e. The minimum atomic E-state index is -1.02. The van der Waals surface area contributed by atoms with Gasteiger partial charge < -0.3 is 14.8 Å². The monoisotopic (exact) mass is 297 g/mol. The lowest BCUT2D eigenvalue weighted by molar-refractivity contribution is -0.147. The fourth-order valence-electron chi connectivity index (χ4n) is 1.30. The van der Waals surface area contributed by atoms with Gasteiger partial charge in [-0.2, -0.15) is 0 Å². The van der Waals surface area contributed by atoms with Crippen LogP contribution in [0.5, 0.6) is 0 Å². The van der Waals surface area contributed by atoms with E-state index in [2.05, 4.69) is 18.5 Å². The van der Waals surface area contributed by atoms with Gasteiger partial charge in [0.1, 0.15) is 18.8 Å². The summed E-state index contributed by atoms with van der Waals surface area (Å²) in [5.74, 6) is -1.64. The van der Waals surface area contributed by atoms with Gasteiger partial charge in [-0.15, -0.1) is 0 Å². The van der Waals surface area contributed by atoms with E-state index in [9.17, 15) is 14.4 Å². The van der Waals surface area contributed by atoms with E-state index in [0.29, 0.717) is 6.42 Å². The summed E-state index contributed by atoms with van der Waals surface area (Å²) >= 11 is 0. The maximum atomic E-state index is 12.0. The van der Waals surface area contributed by atoms with Crippen molar-refractivity contribution in [3.8, 4) is 0 Å². The molecule has 0 rings (SSSR count). The number of esters is 2. The molecule has 6 heteroatoms. The minimum Gasteiger partial charge on any atom is -0.460 e. The Labute approximate surface area is 125 Å². The summed E-state index contributed by atoms with van der Waals surface area (Å²) in [6.07, 6.45) is 2.71. The Bertz CT molecular complexity index is 392. The van der Waals surface area contributed by atoms with Crippen LogP contribution < -0.4 is 5.32 Å². The van der Waals surface area contributed by atoms with E-state index < -0.39 is 17.5 Å². The molecule has 0 aliphatic rings. The van der Waals surface area contributed by atoms with Gasteiger partial charge >= 0.3 is 11.9 Å². The molecule has 6 nitrogen and oxygen atoms in total. The maximum Gasteiger partial charge on any atom is 0.330 e. The number of amides is 1. The third-order valence-corrected chi connectivity index (χ3v) is 2.88. The van der Waals surface area contributed by atoms with Crippen LogP contribution in [0.25, 0.3) is 0 Å². The smallest absolute Gasteiger partial charge is 0.330 e. The second-order valence-corrected chi connectivity index (χ2v) is 4.98. The van der Waals surface area contributed by atoms with Crippen LogP contribution in [0.15, 0.2) is 25.3 Å². The summed E-state index contributed by atoms with van der Waals surface area (Å²) in [5.41, 5.74) is -1.02. The molecule has 1 N–H and O–H groups in total. The summed E-state index contributed by atoms with van der Waals surface area (Å²) in [6, 6.07) is 0. The van der Waals surface area contributed by atoms with Crippen LogP contribution in [0.1, 0.15) is 27.2 Å². The van der Waals surface area contributed by atoms with E-state index in [1.165, 1.54) is 0 Å². The molecule has 1 atom stereocenters. The Balaban J connectivity index is 4.83. The number of nitrogens with one attached hydrogen (secondary N) is 1. The maximum absolute atomic E-state index is 12.0. The first-order valence-electron chi connectivity index (χ1n) is 6.68. The number of hydrogen-bond donors (Lipinski definition) is 1. The average Bonchev–Trinajstić information content (AvgIpc) is 2.49. The van der Waals surface area contributed by atoms with E-state index >= 15 is 0 Å². The van der Waals surface area contributed by atoms with Gasteiger partial charge in [0.25, 0.3) is 0 Å². The van der Waals surface area contributed by atoms with Crippen LogP contribution in [0.3, 0.4) is 0 Å². The lowest BCUT2D eigenvalue weighted by Gasteiger charge is -2.30. The average molecular weight is 297 g/mol. The van der Waals surface area contributed by atoms with Crippen molar-refractivity contribution in [3.63, 3.8) is 0 Å². The first-order chi connectivity index (χ1) is 9.77. The van der Waals surface area contributed by atoms with Crippen molar-refractivity contribution >= 4 is 17.8 Å². The summed E-state index contributed by atoms with van der Waals surface area (Å²) in [4.78, 5) is 34.3. The number of carbonyl (C=O) groups is 3. The second kappa shape index (κ2) is 8.94. The van der Waals surface area contributed by atoms with Gasteiger partial charge in [-0.05, 0) is 13.3 Å². The predicted octanol–water partition coefficient (Wildman–Crippen LogP) is 1.37. The minimum absolute atomic E-state index is 0.134. The Morgan fingerprint density at radius 1 is 1.14 bits per heavy atom. The van der Waals surface area contributed by atoms with Crippen molar-refractivity contribution in [1.82, 2.24) is 5.32 Å². The topological polar surface area (TPSA) is 81.7 Å². The van der Waals surface area contributed by atoms with E-state index in [1.54, 1.807) is 13.8 Å². The van der Waals surface area contributed by atoms with Crippen LogP contribution in [0.4, 0.5) is 0 Å². The molecule has 1 unspecified atom stereocenters. The molecule has 0 saturated carbocycles. The quantitative estimate of drug-likeness (QED) is 0.513. The molecule has 0 aliphatic carbocycles. The van der Waals surface area contributed by atoms with Crippen LogP contribution in [-0.2, 0) is 23.9 Å². The van der Waals surface area contributed by atoms with Crippen LogP contribution in [0, 0.1) is 5.92 Å². The SMILES string of the molecule is C=CC(=O)OCC(C)(COC(=O)C=C)NC(=O)C(C)CC. The van der Waals surface area contributed by atoms with Crippen LogP contribution >= 0.6 is 0 Å². The summed E-state index contributed by atoms with van der Waals surface area (Å²) in [6.45, 7) is 11.6. The Hall–Kier alpha value is -2.11. The molecule has 0 heterocycles. The van der Waals surface area contributed by atoms with Crippen LogP contribution in [0.2, 0.25) is 0 Å². The standard InChI is InChI=1S/C15H23NO5/c1-6-11(4)14(19)16-15(5,9-20-12(17)7-2)10-21-13(18)8-3/h7-8,11H,2-3,6,9-10H2,1,4-5H3,(H,16,19). The molecular weight excluding hydrogens is 274 g/mol. The van der Waals surface area contributed by atoms with Gasteiger partial charge in [-0.25, -0.2) is 9.59 Å². The highest BCUT2D eigenvalue weighted by Crippen LogP contribution is 2.10. The number of hydrogen-bond acceptors (Lipinski definition) is 5. The van der Waals surface area contributed by atoms with Gasteiger partial charge in [0.15, 0.2) is 0 Å². The Morgan fingerprint density at radius 3 is 1.90 bits per heavy atom. The zero-order valence-electron chi connectivity index (χ0n) is 12.8. The van der Waals surface area contributed by atoms with Crippen molar-refractivity contribution in [1.29, 1.82) is 0 Å². The summed E-state index contributed by atoms with van der Waals surface area (Å²) in [5, 5.41) is 2.74. The van der Waals surface area contributed by atoms with Crippen molar-refractivity contribution in [2.45, 2.75) is 32.7 Å². The summed E-state index contributed by atoms with van der Waals surface area (Å²) in [7, 11) is 0. The number of ether oxygens (including phenoxy) is 2. The highest BCUT2D eigenvalue weighted by atomic mass is 16.5. The molecule has 0 aliphatic heterocycles. The molecular formula is C15H23NO5. The third-order valence-electron chi connectivity index (χ3n) is 2.88. The fraction of sp³-hybridized carbons (Fsp3) is 0.533. The Morgan fingerprint density at radius 2 is 1.57 bits per heavy atom. The number of rotatable bonds is 9. The molecule has 0 fully saturated rings. The molecule has 118 valence electrons. The van der Waals surface area contributed by atoms with Crippen molar-refractivity contribution in [3.05, 3.63) is 25.3 Å². The van der Waals surface area contributed by atoms with Crippen molar-refractivity contribution in [2.24, 2.45) is 5.92 Å². The number of carbonyl (C=O) groups excluding carboxylic acids is 3. The molecule has 0 bridgehead atoms. The molecule has 0 aromatic carbocycles. The van der Waals surface area contributed by atoms with Gasteiger partial charge in [0.2, 0.25) is 5.91 Å². The predicted molar refractivity (Wildman–Crippen MR) is 78.3 cm³/mol. The lowest BCUT2D eigenvalue weighted by Crippen LogP contribution is -2.54. The molecule has 21 heavy (non-hydrogen) atoms. The highest BCUT2D eigenvalue weighted by Gasteiger charge is 2.31. The van der Waals surface area contributed by atoms with Gasteiger partial charge in [-0.3, -0.25) is 4.79 Å².